The SMILES string of the molecule is O=C(Cc1ccccc1Cl)N(CCBr)CC(F)F. The van der Waals surface area contributed by atoms with E-state index in [1.807, 2.05) is 0 Å². The van der Waals surface area contributed by atoms with E-state index in [2.05, 4.69) is 15.9 Å². The number of nitrogens with zero attached hydrogens (tertiary/aromatic N) is 1. The lowest BCUT2D eigenvalue weighted by atomic mass is 10.1. The van der Waals surface area contributed by atoms with Gasteiger partial charge >= 0.3 is 0 Å². The number of benzene rings is 1. The minimum absolute atomic E-state index is 0.0411. The van der Waals surface area contributed by atoms with Crippen LogP contribution >= 0.6 is 27.5 Å². The number of carbonyl (C=O) groups is 1. The first-order valence-corrected chi connectivity index (χ1v) is 6.90. The van der Waals surface area contributed by atoms with Crippen LogP contribution in [0.5, 0.6) is 0 Å². The molecule has 1 aromatic rings. The summed E-state index contributed by atoms with van der Waals surface area (Å²) in [5.74, 6) is -0.345. The second-order valence-corrected chi connectivity index (χ2v) is 4.89. The molecule has 0 radical (unpaired) electrons. The fourth-order valence-corrected chi connectivity index (χ4v) is 2.13. The van der Waals surface area contributed by atoms with Crippen LogP contribution in [0.3, 0.4) is 0 Å². The van der Waals surface area contributed by atoms with Gasteiger partial charge in [0.05, 0.1) is 13.0 Å². The number of amides is 1. The molecule has 1 amide bonds. The van der Waals surface area contributed by atoms with E-state index < -0.39 is 13.0 Å². The first-order chi connectivity index (χ1) is 8.54. The predicted molar refractivity (Wildman–Crippen MR) is 71.5 cm³/mol. The molecule has 0 fully saturated rings. The average Bonchev–Trinajstić information content (AvgIpc) is 2.31. The van der Waals surface area contributed by atoms with Crippen molar-refractivity contribution in [3.63, 3.8) is 0 Å². The van der Waals surface area contributed by atoms with Gasteiger partial charge in [-0.05, 0) is 11.6 Å². The van der Waals surface area contributed by atoms with Crippen LogP contribution in [0.2, 0.25) is 5.02 Å². The maximum absolute atomic E-state index is 12.4. The van der Waals surface area contributed by atoms with Gasteiger partial charge in [0.15, 0.2) is 0 Å². The summed E-state index contributed by atoms with van der Waals surface area (Å²) < 4.78 is 24.7. The monoisotopic (exact) mass is 339 g/mol. The fourth-order valence-electron chi connectivity index (χ4n) is 1.50. The van der Waals surface area contributed by atoms with Gasteiger partial charge in [-0.15, -0.1) is 0 Å². The Morgan fingerprint density at radius 3 is 2.61 bits per heavy atom. The highest BCUT2D eigenvalue weighted by atomic mass is 79.9. The molecule has 0 atom stereocenters. The third-order valence-corrected chi connectivity index (χ3v) is 3.09. The zero-order valence-electron chi connectivity index (χ0n) is 9.58. The van der Waals surface area contributed by atoms with E-state index in [4.69, 9.17) is 11.6 Å². The van der Waals surface area contributed by atoms with Gasteiger partial charge in [0, 0.05) is 16.9 Å². The average molecular weight is 341 g/mol. The number of hydrogen-bond acceptors (Lipinski definition) is 1. The van der Waals surface area contributed by atoms with Crippen molar-refractivity contribution in [2.24, 2.45) is 0 Å². The first kappa shape index (κ1) is 15.4. The molecule has 0 spiro atoms. The van der Waals surface area contributed by atoms with Crippen molar-refractivity contribution in [3.8, 4) is 0 Å². The summed E-state index contributed by atoms with van der Waals surface area (Å²) in [6.45, 7) is -0.289. The number of carbonyl (C=O) groups excluding carboxylic acids is 1. The number of halogens is 4. The van der Waals surface area contributed by atoms with E-state index >= 15 is 0 Å². The Kier molecular flexibility index (Phi) is 6.57. The molecule has 18 heavy (non-hydrogen) atoms. The second-order valence-electron chi connectivity index (χ2n) is 3.69. The molecule has 100 valence electrons. The molecule has 0 aromatic heterocycles. The van der Waals surface area contributed by atoms with Crippen molar-refractivity contribution in [1.82, 2.24) is 4.90 Å². The largest absolute Gasteiger partial charge is 0.336 e. The molecule has 0 heterocycles. The molecule has 6 heteroatoms. The van der Waals surface area contributed by atoms with Crippen molar-refractivity contribution in [2.75, 3.05) is 18.4 Å². The fraction of sp³-hybridized carbons (Fsp3) is 0.417. The minimum Gasteiger partial charge on any atom is -0.336 e. The van der Waals surface area contributed by atoms with E-state index in [1.165, 1.54) is 0 Å². The summed E-state index contributed by atoms with van der Waals surface area (Å²) in [4.78, 5) is 13.0. The molecule has 2 nitrogen and oxygen atoms in total. The summed E-state index contributed by atoms with van der Waals surface area (Å²) in [6.07, 6.45) is -2.49. The molecule has 0 N–H and O–H groups in total. The topological polar surface area (TPSA) is 20.3 Å². The third kappa shape index (κ3) is 4.90. The molecule has 0 aliphatic rings. The highest BCUT2D eigenvalue weighted by Gasteiger charge is 2.18. The van der Waals surface area contributed by atoms with E-state index in [9.17, 15) is 13.6 Å². The van der Waals surface area contributed by atoms with E-state index in [0.29, 0.717) is 15.9 Å². The quantitative estimate of drug-likeness (QED) is 0.727. The van der Waals surface area contributed by atoms with Crippen molar-refractivity contribution < 1.29 is 13.6 Å². The van der Waals surface area contributed by atoms with E-state index in [1.54, 1.807) is 24.3 Å². The summed E-state index contributed by atoms with van der Waals surface area (Å²) in [5, 5.41) is 0.940. The molecular formula is C12H13BrClF2NO. The van der Waals surface area contributed by atoms with Crippen LogP contribution in [0.4, 0.5) is 8.78 Å². The smallest absolute Gasteiger partial charge is 0.255 e. The maximum atomic E-state index is 12.4. The van der Waals surface area contributed by atoms with Crippen LogP contribution in [0.15, 0.2) is 24.3 Å². The van der Waals surface area contributed by atoms with Crippen LogP contribution < -0.4 is 0 Å². The standard InChI is InChI=1S/C12H13BrClF2NO/c13-5-6-17(8-11(15)16)12(18)7-9-3-1-2-4-10(9)14/h1-4,11H,5-8H2. The number of alkyl halides is 3. The molecule has 0 saturated carbocycles. The van der Waals surface area contributed by atoms with Gasteiger partial charge in [0.1, 0.15) is 0 Å². The van der Waals surface area contributed by atoms with Gasteiger partial charge in [-0.3, -0.25) is 4.79 Å². The third-order valence-electron chi connectivity index (χ3n) is 2.37. The molecule has 1 aromatic carbocycles. The van der Waals surface area contributed by atoms with Crippen molar-refractivity contribution in [1.29, 1.82) is 0 Å². The molecule has 0 aliphatic carbocycles. The molecule has 0 aliphatic heterocycles. The van der Waals surface area contributed by atoms with Crippen LogP contribution in [-0.2, 0) is 11.2 Å². The predicted octanol–water partition coefficient (Wildman–Crippen LogP) is 3.37. The summed E-state index contributed by atoms with van der Waals surface area (Å²) >= 11 is 9.07. The Morgan fingerprint density at radius 2 is 2.06 bits per heavy atom. The molecule has 0 saturated heterocycles. The Hall–Kier alpha value is -0.680. The van der Waals surface area contributed by atoms with Crippen LogP contribution in [0.1, 0.15) is 5.56 Å². The summed E-state index contributed by atoms with van der Waals surface area (Å²) in [6, 6.07) is 6.91. The summed E-state index contributed by atoms with van der Waals surface area (Å²) in [5.41, 5.74) is 0.651. The molecule has 0 unspecified atom stereocenters. The van der Waals surface area contributed by atoms with E-state index in [-0.39, 0.29) is 18.9 Å². The van der Waals surface area contributed by atoms with E-state index in [0.717, 1.165) is 4.90 Å². The van der Waals surface area contributed by atoms with Crippen LogP contribution in [0.25, 0.3) is 0 Å². The molecule has 1 rings (SSSR count). The second kappa shape index (κ2) is 7.69. The zero-order chi connectivity index (χ0) is 13.5. The molecule has 0 bridgehead atoms. The number of rotatable bonds is 6. The first-order valence-electron chi connectivity index (χ1n) is 5.40. The lowest BCUT2D eigenvalue weighted by molar-refractivity contribution is -0.132. The Morgan fingerprint density at radius 1 is 1.39 bits per heavy atom. The minimum atomic E-state index is -2.53. The van der Waals surface area contributed by atoms with Crippen LogP contribution in [-0.4, -0.2) is 35.7 Å². The Bertz CT molecular complexity index is 403. The molecular weight excluding hydrogens is 327 g/mol. The van der Waals surface area contributed by atoms with Gasteiger partial charge in [0.25, 0.3) is 6.43 Å². The van der Waals surface area contributed by atoms with Gasteiger partial charge < -0.3 is 4.90 Å². The van der Waals surface area contributed by atoms with Crippen molar-refractivity contribution in [3.05, 3.63) is 34.9 Å². The zero-order valence-corrected chi connectivity index (χ0v) is 11.9. The van der Waals surface area contributed by atoms with Gasteiger partial charge in [-0.1, -0.05) is 45.7 Å². The normalized spacial score (nSPS) is 10.7. The highest BCUT2D eigenvalue weighted by molar-refractivity contribution is 9.09. The lowest BCUT2D eigenvalue weighted by Gasteiger charge is -2.21. The number of hydrogen-bond donors (Lipinski definition) is 0. The highest BCUT2D eigenvalue weighted by Crippen LogP contribution is 2.16. The summed E-state index contributed by atoms with van der Waals surface area (Å²) in [7, 11) is 0. The van der Waals surface area contributed by atoms with Crippen LogP contribution in [0, 0.1) is 0 Å². The van der Waals surface area contributed by atoms with Gasteiger partial charge in [0.2, 0.25) is 5.91 Å². The maximum Gasteiger partial charge on any atom is 0.255 e. The van der Waals surface area contributed by atoms with Crippen molar-refractivity contribution >= 4 is 33.4 Å². The lowest BCUT2D eigenvalue weighted by Crippen LogP contribution is -2.37. The van der Waals surface area contributed by atoms with Gasteiger partial charge in [-0.2, -0.15) is 0 Å². The Balaban J connectivity index is 2.69. The Labute approximate surface area is 118 Å². The van der Waals surface area contributed by atoms with Crippen molar-refractivity contribution in [2.45, 2.75) is 12.8 Å². The van der Waals surface area contributed by atoms with Gasteiger partial charge in [-0.25, -0.2) is 8.78 Å².